The minimum atomic E-state index is 0. The molecule has 6 rings (SSSR count). The van der Waals surface area contributed by atoms with Gasteiger partial charge in [-0.1, -0.05) is 11.6 Å². The Morgan fingerprint density at radius 3 is 2.50 bits per heavy atom. The topological polar surface area (TPSA) is 11.8 Å². The van der Waals surface area contributed by atoms with E-state index in [9.17, 15) is 0 Å². The maximum atomic E-state index is 2.50. The van der Waals surface area contributed by atoms with E-state index in [4.69, 9.17) is 0 Å². The second-order valence-electron chi connectivity index (χ2n) is 7.78. The molecule has 4 heteroatoms. The van der Waals surface area contributed by atoms with Crippen LogP contribution >= 0.6 is 0 Å². The molecule has 0 spiro atoms. The van der Waals surface area contributed by atoms with E-state index in [-0.39, 0.29) is 12.4 Å². The molecule has 0 unspecified atom stereocenters. The minimum Gasteiger partial charge on any atom is -1.00 e. The number of hydrogen-bond donors (Lipinski definition) is 0. The van der Waals surface area contributed by atoms with Gasteiger partial charge in [0, 0.05) is 35.6 Å². The number of benzene rings is 2. The van der Waals surface area contributed by atoms with Crippen LogP contribution in [0.25, 0.3) is 33.0 Å². The summed E-state index contributed by atoms with van der Waals surface area (Å²) in [6.45, 7) is 4.51. The van der Waals surface area contributed by atoms with E-state index in [1.165, 1.54) is 70.2 Å². The molecular formula is C24H22ClN3. The zero-order chi connectivity index (χ0) is 18.0. The summed E-state index contributed by atoms with van der Waals surface area (Å²) in [7, 11) is 0. The Morgan fingerprint density at radius 2 is 1.64 bits per heavy atom. The van der Waals surface area contributed by atoms with Crippen LogP contribution in [0, 0.1) is 6.92 Å². The summed E-state index contributed by atoms with van der Waals surface area (Å²) in [4.78, 5) is 2.50. The first-order valence-corrected chi connectivity index (χ1v) is 9.82. The third kappa shape index (κ3) is 2.46. The monoisotopic (exact) mass is 387 g/mol. The number of aromatic nitrogens is 2. The number of fused-ring (bicyclic) bond motifs is 7. The fraction of sp³-hybridized carbons (Fsp3) is 0.208. The number of hydrogen-bond acceptors (Lipinski definition) is 1. The Morgan fingerprint density at radius 1 is 0.821 bits per heavy atom. The maximum absolute atomic E-state index is 2.50. The SMILES string of the molecule is Cc1ccc2c(ccc3n4c(ccc5cc(N6CCCC6)ccc54)c[n+]23)c1.[Cl-]. The average molecular weight is 388 g/mol. The Labute approximate surface area is 170 Å². The molecule has 0 radical (unpaired) electrons. The highest BCUT2D eigenvalue weighted by Gasteiger charge is 2.18. The van der Waals surface area contributed by atoms with Crippen molar-refractivity contribution in [3.63, 3.8) is 0 Å². The molecule has 1 fully saturated rings. The third-order valence-corrected chi connectivity index (χ3v) is 6.01. The summed E-state index contributed by atoms with van der Waals surface area (Å²) in [5.74, 6) is 0. The van der Waals surface area contributed by atoms with Crippen molar-refractivity contribution in [3.8, 4) is 0 Å². The van der Waals surface area contributed by atoms with Gasteiger partial charge >= 0.3 is 0 Å². The molecule has 28 heavy (non-hydrogen) atoms. The van der Waals surface area contributed by atoms with Crippen molar-refractivity contribution in [2.75, 3.05) is 18.0 Å². The molecule has 1 aliphatic heterocycles. The number of pyridine rings is 2. The number of aryl methyl sites for hydroxylation is 1. The number of nitrogens with zero attached hydrogens (tertiary/aromatic N) is 3. The highest BCUT2D eigenvalue weighted by Crippen LogP contribution is 2.27. The highest BCUT2D eigenvalue weighted by molar-refractivity contribution is 5.88. The summed E-state index contributed by atoms with van der Waals surface area (Å²) in [5, 5.41) is 2.58. The van der Waals surface area contributed by atoms with Crippen LogP contribution in [-0.4, -0.2) is 17.5 Å². The van der Waals surface area contributed by atoms with E-state index in [1.54, 1.807) is 0 Å². The largest absolute Gasteiger partial charge is 1.00 e. The van der Waals surface area contributed by atoms with Crippen LogP contribution in [0.15, 0.2) is 66.9 Å². The van der Waals surface area contributed by atoms with E-state index < -0.39 is 0 Å². The van der Waals surface area contributed by atoms with Crippen molar-refractivity contribution in [2.45, 2.75) is 19.8 Å². The van der Waals surface area contributed by atoms with Crippen molar-refractivity contribution in [2.24, 2.45) is 0 Å². The predicted octanol–water partition coefficient (Wildman–Crippen LogP) is 1.90. The van der Waals surface area contributed by atoms with Gasteiger partial charge in [0.25, 0.3) is 5.65 Å². The standard InChI is InChI=1S/C24H22N3.ClH/c1-17-4-9-22-18(14-17)6-11-24-26(22)16-21-7-5-19-15-20(25-12-2-3-13-25)8-10-23(19)27(21)24;/h4-11,14-16H,2-3,12-13H2,1H3;1H/q+1;/p-1. The molecule has 0 atom stereocenters. The van der Waals surface area contributed by atoms with Crippen LogP contribution < -0.4 is 21.7 Å². The number of halogens is 1. The predicted molar refractivity (Wildman–Crippen MR) is 112 cm³/mol. The summed E-state index contributed by atoms with van der Waals surface area (Å²) in [6, 6.07) is 22.6. The van der Waals surface area contributed by atoms with Gasteiger partial charge in [0.15, 0.2) is 5.52 Å². The van der Waals surface area contributed by atoms with E-state index in [1.807, 2.05) is 0 Å². The molecule has 2 aromatic carbocycles. The molecule has 5 aromatic rings. The van der Waals surface area contributed by atoms with Crippen molar-refractivity contribution in [1.29, 1.82) is 0 Å². The van der Waals surface area contributed by atoms with E-state index in [0.717, 1.165) is 0 Å². The molecule has 0 saturated carbocycles. The fourth-order valence-electron chi connectivity index (χ4n) is 4.64. The van der Waals surface area contributed by atoms with Crippen molar-refractivity contribution in [1.82, 2.24) is 4.40 Å². The van der Waals surface area contributed by atoms with Gasteiger partial charge in [-0.2, -0.15) is 8.80 Å². The minimum absolute atomic E-state index is 0. The second kappa shape index (κ2) is 6.39. The fourth-order valence-corrected chi connectivity index (χ4v) is 4.64. The zero-order valence-electron chi connectivity index (χ0n) is 15.9. The summed E-state index contributed by atoms with van der Waals surface area (Å²) in [6.07, 6.45) is 4.87. The van der Waals surface area contributed by atoms with Gasteiger partial charge < -0.3 is 17.3 Å². The molecule has 0 aliphatic carbocycles. The van der Waals surface area contributed by atoms with E-state index in [0.29, 0.717) is 0 Å². The molecule has 3 nitrogen and oxygen atoms in total. The Hall–Kier alpha value is -2.78. The van der Waals surface area contributed by atoms with E-state index in [2.05, 4.69) is 87.5 Å². The van der Waals surface area contributed by atoms with Gasteiger partial charge in [-0.05, 0) is 68.3 Å². The average Bonchev–Trinajstić information content (AvgIpc) is 3.35. The van der Waals surface area contributed by atoms with Crippen molar-refractivity contribution < 1.29 is 16.8 Å². The van der Waals surface area contributed by atoms with Crippen LogP contribution in [-0.2, 0) is 0 Å². The lowest BCUT2D eigenvalue weighted by molar-refractivity contribution is -0.479. The number of rotatable bonds is 1. The van der Waals surface area contributed by atoms with Crippen molar-refractivity contribution >= 4 is 38.7 Å². The summed E-state index contributed by atoms with van der Waals surface area (Å²) in [5.41, 5.74) is 7.61. The van der Waals surface area contributed by atoms with Gasteiger partial charge in [0.1, 0.15) is 17.2 Å². The number of anilines is 1. The van der Waals surface area contributed by atoms with Crippen LogP contribution in [0.5, 0.6) is 0 Å². The van der Waals surface area contributed by atoms with Crippen LogP contribution in [0.4, 0.5) is 5.69 Å². The first-order chi connectivity index (χ1) is 13.3. The van der Waals surface area contributed by atoms with Gasteiger partial charge in [0.2, 0.25) is 0 Å². The second-order valence-corrected chi connectivity index (χ2v) is 7.78. The van der Waals surface area contributed by atoms with Crippen molar-refractivity contribution in [3.05, 3.63) is 72.4 Å². The first kappa shape index (κ1) is 17.3. The molecule has 0 N–H and O–H groups in total. The van der Waals surface area contributed by atoms with E-state index >= 15 is 0 Å². The summed E-state index contributed by atoms with van der Waals surface area (Å²) >= 11 is 0. The quantitative estimate of drug-likeness (QED) is 0.400. The van der Waals surface area contributed by atoms with Gasteiger partial charge in [-0.15, -0.1) is 0 Å². The molecule has 0 amide bonds. The van der Waals surface area contributed by atoms with Gasteiger partial charge in [-0.25, -0.2) is 0 Å². The molecule has 140 valence electrons. The Balaban J connectivity index is 0.00000171. The molecular weight excluding hydrogens is 366 g/mol. The van der Waals surface area contributed by atoms with Gasteiger partial charge in [-0.3, -0.25) is 0 Å². The zero-order valence-corrected chi connectivity index (χ0v) is 16.7. The van der Waals surface area contributed by atoms with Crippen LogP contribution in [0.2, 0.25) is 0 Å². The molecule has 3 aromatic heterocycles. The Bertz CT molecular complexity index is 1350. The third-order valence-electron chi connectivity index (χ3n) is 6.01. The number of imidazole rings is 1. The molecule has 0 bridgehead atoms. The lowest BCUT2D eigenvalue weighted by Gasteiger charge is -2.17. The molecule has 1 aliphatic rings. The smallest absolute Gasteiger partial charge is 0.292 e. The van der Waals surface area contributed by atoms with Crippen LogP contribution in [0.3, 0.4) is 0 Å². The van der Waals surface area contributed by atoms with Gasteiger partial charge in [0.05, 0.1) is 0 Å². The van der Waals surface area contributed by atoms with Crippen LogP contribution in [0.1, 0.15) is 18.4 Å². The Kier molecular flexibility index (Phi) is 3.95. The first-order valence-electron chi connectivity index (χ1n) is 9.82. The molecule has 4 heterocycles. The molecule has 1 saturated heterocycles. The lowest BCUT2D eigenvalue weighted by atomic mass is 10.1. The highest BCUT2D eigenvalue weighted by atomic mass is 35.5. The lowest BCUT2D eigenvalue weighted by Crippen LogP contribution is -3.00. The maximum Gasteiger partial charge on any atom is 0.292 e. The normalized spacial score (nSPS) is 14.4. The summed E-state index contributed by atoms with van der Waals surface area (Å²) < 4.78 is 4.69.